The van der Waals surface area contributed by atoms with E-state index >= 15 is 0 Å². The average molecular weight is 285 g/mol. The highest BCUT2D eigenvalue weighted by molar-refractivity contribution is 5.94. The molecule has 2 aromatic carbocycles. The minimum atomic E-state index is -0.0925. The number of nitrogens with two attached hydrogens (primary N) is 1. The van der Waals surface area contributed by atoms with E-state index in [9.17, 15) is 4.79 Å². The lowest BCUT2D eigenvalue weighted by atomic mass is 10.2. The second-order valence-electron chi connectivity index (χ2n) is 4.73. The third-order valence-corrected chi connectivity index (χ3v) is 3.07. The fraction of sp³-hybridized carbons (Fsp3) is 0.188. The van der Waals surface area contributed by atoms with Gasteiger partial charge in [-0.3, -0.25) is 4.79 Å². The van der Waals surface area contributed by atoms with Gasteiger partial charge >= 0.3 is 0 Å². The molecule has 0 radical (unpaired) electrons. The van der Waals surface area contributed by atoms with Gasteiger partial charge in [-0.05, 0) is 42.5 Å². The summed E-state index contributed by atoms with van der Waals surface area (Å²) in [4.78, 5) is 13.9. The maximum Gasteiger partial charge on any atom is 0.243 e. The third kappa shape index (κ3) is 4.14. The Hall–Kier alpha value is -2.69. The lowest BCUT2D eigenvalue weighted by Crippen LogP contribution is -2.30. The van der Waals surface area contributed by atoms with Crippen molar-refractivity contribution in [2.75, 3.05) is 36.7 Å². The molecule has 0 fully saturated rings. The fourth-order valence-electron chi connectivity index (χ4n) is 1.94. The predicted octanol–water partition coefficient (Wildman–Crippen LogP) is 2.35. The van der Waals surface area contributed by atoms with Crippen LogP contribution in [0.1, 0.15) is 0 Å². The molecule has 0 bridgehead atoms. The number of hydrogen-bond donors (Lipinski definition) is 2. The minimum Gasteiger partial charge on any atom is -0.497 e. The van der Waals surface area contributed by atoms with Crippen molar-refractivity contribution in [1.82, 2.24) is 0 Å². The van der Waals surface area contributed by atoms with Crippen LogP contribution in [0.5, 0.6) is 5.75 Å². The predicted molar refractivity (Wildman–Crippen MR) is 85.7 cm³/mol. The second kappa shape index (κ2) is 6.65. The second-order valence-corrected chi connectivity index (χ2v) is 4.73. The molecule has 0 spiro atoms. The Balaban J connectivity index is 1.94. The molecule has 0 saturated heterocycles. The zero-order valence-electron chi connectivity index (χ0n) is 12.2. The highest BCUT2D eigenvalue weighted by Gasteiger charge is 2.08. The zero-order chi connectivity index (χ0) is 15.2. The van der Waals surface area contributed by atoms with Gasteiger partial charge in [0.25, 0.3) is 0 Å². The Morgan fingerprint density at radius 3 is 2.57 bits per heavy atom. The number of carbonyl (C=O) groups excluding carboxylic acids is 1. The molecule has 3 N–H and O–H groups in total. The van der Waals surface area contributed by atoms with Crippen molar-refractivity contribution in [1.29, 1.82) is 0 Å². The number of methoxy groups -OCH3 is 1. The number of carbonyl (C=O) groups is 1. The Morgan fingerprint density at radius 1 is 1.24 bits per heavy atom. The van der Waals surface area contributed by atoms with Crippen LogP contribution in [-0.4, -0.2) is 26.6 Å². The van der Waals surface area contributed by atoms with Crippen molar-refractivity contribution in [3.8, 4) is 5.75 Å². The van der Waals surface area contributed by atoms with Crippen molar-refractivity contribution in [3.63, 3.8) is 0 Å². The molecule has 0 aliphatic carbocycles. The molecule has 0 aliphatic rings. The molecule has 5 nitrogen and oxygen atoms in total. The number of nitrogen functional groups attached to an aromatic ring is 1. The first-order valence-corrected chi connectivity index (χ1v) is 6.59. The molecule has 1 amide bonds. The first-order chi connectivity index (χ1) is 10.1. The van der Waals surface area contributed by atoms with Crippen LogP contribution in [0.25, 0.3) is 0 Å². The molecule has 21 heavy (non-hydrogen) atoms. The monoisotopic (exact) mass is 285 g/mol. The van der Waals surface area contributed by atoms with Gasteiger partial charge in [0.05, 0.1) is 13.7 Å². The fourth-order valence-corrected chi connectivity index (χ4v) is 1.94. The summed E-state index contributed by atoms with van der Waals surface area (Å²) < 4.78 is 5.07. The summed E-state index contributed by atoms with van der Waals surface area (Å²) in [5, 5.41) is 2.84. The smallest absolute Gasteiger partial charge is 0.243 e. The number of hydrogen-bond acceptors (Lipinski definition) is 4. The largest absolute Gasteiger partial charge is 0.497 e. The molecule has 5 heteroatoms. The highest BCUT2D eigenvalue weighted by Crippen LogP contribution is 2.17. The van der Waals surface area contributed by atoms with E-state index in [0.29, 0.717) is 5.69 Å². The normalized spacial score (nSPS) is 10.0. The first-order valence-electron chi connectivity index (χ1n) is 6.59. The van der Waals surface area contributed by atoms with Crippen LogP contribution in [0.3, 0.4) is 0 Å². The Bertz CT molecular complexity index is 611. The van der Waals surface area contributed by atoms with E-state index in [1.165, 1.54) is 0 Å². The summed E-state index contributed by atoms with van der Waals surface area (Å²) in [5.74, 6) is 0.662. The summed E-state index contributed by atoms with van der Waals surface area (Å²) in [6.07, 6.45) is 0. The highest BCUT2D eigenvalue weighted by atomic mass is 16.5. The van der Waals surface area contributed by atoms with Crippen LogP contribution in [0.2, 0.25) is 0 Å². The lowest BCUT2D eigenvalue weighted by molar-refractivity contribution is -0.114. The van der Waals surface area contributed by atoms with Gasteiger partial charge in [-0.2, -0.15) is 0 Å². The number of ether oxygens (including phenoxy) is 1. The van der Waals surface area contributed by atoms with E-state index in [1.54, 1.807) is 31.4 Å². The lowest BCUT2D eigenvalue weighted by Gasteiger charge is -2.19. The third-order valence-electron chi connectivity index (χ3n) is 3.07. The molecule has 0 atom stereocenters. The summed E-state index contributed by atoms with van der Waals surface area (Å²) in [5.41, 5.74) is 8.06. The molecule has 2 rings (SSSR count). The Kier molecular flexibility index (Phi) is 4.66. The Labute approximate surface area is 124 Å². The minimum absolute atomic E-state index is 0.0925. The van der Waals surface area contributed by atoms with Crippen LogP contribution >= 0.6 is 0 Å². The number of benzene rings is 2. The van der Waals surface area contributed by atoms with Gasteiger partial charge in [0.2, 0.25) is 5.91 Å². The van der Waals surface area contributed by atoms with Gasteiger partial charge in [-0.1, -0.05) is 6.07 Å². The van der Waals surface area contributed by atoms with Gasteiger partial charge in [-0.25, -0.2) is 0 Å². The summed E-state index contributed by atoms with van der Waals surface area (Å²) in [6, 6.07) is 14.6. The summed E-state index contributed by atoms with van der Waals surface area (Å²) in [7, 11) is 3.45. The van der Waals surface area contributed by atoms with Gasteiger partial charge in [-0.15, -0.1) is 0 Å². The van der Waals surface area contributed by atoms with Crippen molar-refractivity contribution in [2.24, 2.45) is 0 Å². The molecular weight excluding hydrogens is 266 g/mol. The van der Waals surface area contributed by atoms with Crippen LogP contribution in [0.15, 0.2) is 48.5 Å². The number of nitrogens with one attached hydrogen (secondary N) is 1. The molecule has 110 valence electrons. The molecule has 0 aromatic heterocycles. The average Bonchev–Trinajstić information content (AvgIpc) is 2.48. The maximum atomic E-state index is 12.0. The number of anilines is 3. The summed E-state index contributed by atoms with van der Waals surface area (Å²) in [6.45, 7) is 0.246. The van der Waals surface area contributed by atoms with E-state index < -0.39 is 0 Å². The molecule has 2 aromatic rings. The van der Waals surface area contributed by atoms with Crippen LogP contribution in [0, 0.1) is 0 Å². The summed E-state index contributed by atoms with van der Waals surface area (Å²) >= 11 is 0. The molecule has 0 aliphatic heterocycles. The maximum absolute atomic E-state index is 12.0. The molecule has 0 heterocycles. The van der Waals surface area contributed by atoms with Crippen LogP contribution < -0.4 is 20.7 Å². The topological polar surface area (TPSA) is 67.6 Å². The van der Waals surface area contributed by atoms with Gasteiger partial charge in [0.15, 0.2) is 0 Å². The van der Waals surface area contributed by atoms with E-state index in [1.807, 2.05) is 36.2 Å². The van der Waals surface area contributed by atoms with Gasteiger partial charge in [0, 0.05) is 24.1 Å². The Morgan fingerprint density at radius 2 is 1.95 bits per heavy atom. The van der Waals surface area contributed by atoms with Crippen LogP contribution in [-0.2, 0) is 4.79 Å². The van der Waals surface area contributed by atoms with Crippen molar-refractivity contribution < 1.29 is 9.53 Å². The van der Waals surface area contributed by atoms with Gasteiger partial charge < -0.3 is 20.7 Å². The molecule has 0 saturated carbocycles. The molecular formula is C16H19N3O2. The van der Waals surface area contributed by atoms with Crippen molar-refractivity contribution >= 4 is 23.0 Å². The number of nitrogens with zero attached hydrogens (tertiary/aromatic N) is 1. The van der Waals surface area contributed by atoms with E-state index in [-0.39, 0.29) is 12.5 Å². The standard InChI is InChI=1S/C16H19N3O2/c1-19(14-5-3-4-12(17)10-14)11-16(20)18-13-6-8-15(21-2)9-7-13/h3-10H,11,17H2,1-2H3,(H,18,20). The first kappa shape index (κ1) is 14.7. The van der Waals surface area contributed by atoms with Crippen molar-refractivity contribution in [2.45, 2.75) is 0 Å². The zero-order valence-corrected chi connectivity index (χ0v) is 12.2. The van der Waals surface area contributed by atoms with E-state index in [0.717, 1.165) is 17.1 Å². The van der Waals surface area contributed by atoms with Gasteiger partial charge in [0.1, 0.15) is 5.75 Å². The quantitative estimate of drug-likeness (QED) is 0.828. The molecule has 0 unspecified atom stereocenters. The SMILES string of the molecule is COc1ccc(NC(=O)CN(C)c2cccc(N)c2)cc1. The van der Waals surface area contributed by atoms with E-state index in [4.69, 9.17) is 10.5 Å². The number of likely N-dealkylation sites (N-methyl/N-ethyl adjacent to an activating group) is 1. The van der Waals surface area contributed by atoms with E-state index in [2.05, 4.69) is 5.32 Å². The van der Waals surface area contributed by atoms with Crippen LogP contribution in [0.4, 0.5) is 17.1 Å². The number of rotatable bonds is 5. The van der Waals surface area contributed by atoms with Crippen molar-refractivity contribution in [3.05, 3.63) is 48.5 Å². The number of amides is 1.